The predicted molar refractivity (Wildman–Crippen MR) is 58.2 cm³/mol. The molecule has 2 rings (SSSR count). The summed E-state index contributed by atoms with van der Waals surface area (Å²) in [5.74, 6) is 0.259. The maximum absolute atomic E-state index is 11.8. The van der Waals surface area contributed by atoms with E-state index in [2.05, 4.69) is 0 Å². The second-order valence-corrected chi connectivity index (χ2v) is 4.34. The number of hydrogen-bond acceptors (Lipinski definition) is 1. The Morgan fingerprint density at radius 2 is 2.00 bits per heavy atom. The van der Waals surface area contributed by atoms with Crippen molar-refractivity contribution >= 4 is 17.4 Å². The minimum Gasteiger partial charge on any atom is -0.294 e. The van der Waals surface area contributed by atoms with Crippen molar-refractivity contribution in [2.24, 2.45) is 0 Å². The number of aryl methyl sites for hydroxylation is 1. The third kappa shape index (κ3) is 1.36. The Balaban J connectivity index is 2.73. The van der Waals surface area contributed by atoms with Gasteiger partial charge in [0, 0.05) is 17.0 Å². The zero-order chi connectivity index (χ0) is 10.3. The van der Waals surface area contributed by atoms with Crippen LogP contribution in [0.4, 0.5) is 0 Å². The van der Waals surface area contributed by atoms with Gasteiger partial charge in [0.15, 0.2) is 5.78 Å². The summed E-state index contributed by atoms with van der Waals surface area (Å²) in [6.07, 6.45) is 2.56. The first kappa shape index (κ1) is 9.72. The Morgan fingerprint density at radius 3 is 2.71 bits per heavy atom. The third-order valence-corrected chi connectivity index (χ3v) is 3.35. The van der Waals surface area contributed by atoms with Crippen molar-refractivity contribution in [2.45, 2.75) is 33.1 Å². The van der Waals surface area contributed by atoms with E-state index < -0.39 is 0 Å². The highest BCUT2D eigenvalue weighted by molar-refractivity contribution is 6.32. The third-order valence-electron chi connectivity index (χ3n) is 3.01. The molecule has 0 aromatic heterocycles. The lowest BCUT2D eigenvalue weighted by atomic mass is 9.86. The van der Waals surface area contributed by atoms with E-state index in [1.54, 1.807) is 0 Å². The van der Waals surface area contributed by atoms with E-state index in [-0.39, 0.29) is 5.78 Å². The van der Waals surface area contributed by atoms with Crippen LogP contribution in [0.2, 0.25) is 5.02 Å². The molecule has 1 aliphatic carbocycles. The van der Waals surface area contributed by atoms with Gasteiger partial charge in [0.1, 0.15) is 0 Å². The zero-order valence-electron chi connectivity index (χ0n) is 8.48. The van der Waals surface area contributed by atoms with Crippen LogP contribution in [0.3, 0.4) is 0 Å². The smallest absolute Gasteiger partial charge is 0.163 e. The average Bonchev–Trinajstić information content (AvgIpc) is 2.14. The van der Waals surface area contributed by atoms with Gasteiger partial charge in [0.05, 0.1) is 0 Å². The standard InChI is InChI=1S/C12H13ClO/c1-7-6-10(13)9-4-3-5-11(14)12(9)8(7)2/h6H,3-5H2,1-2H3. The van der Waals surface area contributed by atoms with Crippen LogP contribution in [0, 0.1) is 13.8 Å². The monoisotopic (exact) mass is 208 g/mol. The fourth-order valence-corrected chi connectivity index (χ4v) is 2.45. The molecule has 0 unspecified atom stereocenters. The van der Waals surface area contributed by atoms with Crippen LogP contribution < -0.4 is 0 Å². The molecule has 0 bridgehead atoms. The summed E-state index contributed by atoms with van der Waals surface area (Å²) < 4.78 is 0. The lowest BCUT2D eigenvalue weighted by molar-refractivity contribution is 0.0972. The number of halogens is 1. The van der Waals surface area contributed by atoms with Crippen LogP contribution in [0.25, 0.3) is 0 Å². The Hall–Kier alpha value is -0.820. The van der Waals surface area contributed by atoms with E-state index in [0.29, 0.717) is 6.42 Å². The average molecular weight is 209 g/mol. The highest BCUT2D eigenvalue weighted by Crippen LogP contribution is 2.32. The number of carbonyl (C=O) groups excluding carboxylic acids is 1. The first-order chi connectivity index (χ1) is 6.61. The summed E-state index contributed by atoms with van der Waals surface area (Å²) >= 11 is 6.13. The van der Waals surface area contributed by atoms with Gasteiger partial charge in [0.25, 0.3) is 0 Å². The van der Waals surface area contributed by atoms with Gasteiger partial charge < -0.3 is 0 Å². The van der Waals surface area contributed by atoms with Gasteiger partial charge in [-0.1, -0.05) is 11.6 Å². The number of benzene rings is 1. The summed E-state index contributed by atoms with van der Waals surface area (Å²) in [7, 11) is 0. The van der Waals surface area contributed by atoms with Crippen molar-refractivity contribution in [3.05, 3.63) is 33.3 Å². The normalized spacial score (nSPS) is 15.5. The Kier molecular flexibility index (Phi) is 2.36. The SMILES string of the molecule is Cc1cc(Cl)c2c(c1C)C(=O)CCC2. The molecule has 74 valence electrons. The number of fused-ring (bicyclic) bond motifs is 1. The molecule has 0 amide bonds. The molecule has 2 heteroatoms. The molecule has 0 fully saturated rings. The van der Waals surface area contributed by atoms with Gasteiger partial charge >= 0.3 is 0 Å². The quantitative estimate of drug-likeness (QED) is 0.638. The van der Waals surface area contributed by atoms with Crippen LogP contribution in [0.15, 0.2) is 6.07 Å². The molecule has 1 nitrogen and oxygen atoms in total. The van der Waals surface area contributed by atoms with Crippen LogP contribution >= 0.6 is 11.6 Å². The molecule has 0 atom stereocenters. The first-order valence-electron chi connectivity index (χ1n) is 4.93. The van der Waals surface area contributed by atoms with Crippen LogP contribution in [-0.2, 0) is 6.42 Å². The van der Waals surface area contributed by atoms with Gasteiger partial charge in [-0.3, -0.25) is 4.79 Å². The molecule has 0 N–H and O–H groups in total. The zero-order valence-corrected chi connectivity index (χ0v) is 9.24. The van der Waals surface area contributed by atoms with Crippen molar-refractivity contribution < 1.29 is 4.79 Å². The van der Waals surface area contributed by atoms with Crippen LogP contribution in [-0.4, -0.2) is 5.78 Å². The highest BCUT2D eigenvalue weighted by Gasteiger charge is 2.22. The summed E-state index contributed by atoms with van der Waals surface area (Å²) in [6.45, 7) is 4.01. The number of rotatable bonds is 0. The molecular weight excluding hydrogens is 196 g/mol. The lowest BCUT2D eigenvalue weighted by Crippen LogP contribution is -2.14. The van der Waals surface area contributed by atoms with Gasteiger partial charge in [-0.2, -0.15) is 0 Å². The van der Waals surface area contributed by atoms with E-state index in [1.807, 2.05) is 19.9 Å². The molecule has 1 aromatic rings. The van der Waals surface area contributed by atoms with Crippen molar-refractivity contribution in [1.82, 2.24) is 0 Å². The van der Waals surface area contributed by atoms with E-state index >= 15 is 0 Å². The minimum absolute atomic E-state index is 0.259. The van der Waals surface area contributed by atoms with Crippen molar-refractivity contribution in [3.8, 4) is 0 Å². The number of carbonyl (C=O) groups is 1. The molecular formula is C12H13ClO. The number of ketones is 1. The van der Waals surface area contributed by atoms with Crippen LogP contribution in [0.5, 0.6) is 0 Å². The summed E-state index contributed by atoms with van der Waals surface area (Å²) in [5.41, 5.74) is 4.17. The Morgan fingerprint density at radius 1 is 1.29 bits per heavy atom. The molecule has 1 aliphatic rings. The van der Waals surface area contributed by atoms with Crippen molar-refractivity contribution in [1.29, 1.82) is 0 Å². The molecule has 1 aromatic carbocycles. The molecule has 0 spiro atoms. The second-order valence-electron chi connectivity index (χ2n) is 3.93. The minimum atomic E-state index is 0.259. The van der Waals surface area contributed by atoms with E-state index in [4.69, 9.17) is 11.6 Å². The molecule has 0 saturated carbocycles. The molecule has 0 heterocycles. The maximum atomic E-state index is 11.8. The summed E-state index contributed by atoms with van der Waals surface area (Å²) in [4.78, 5) is 11.8. The summed E-state index contributed by atoms with van der Waals surface area (Å²) in [6, 6.07) is 1.97. The molecule has 0 radical (unpaired) electrons. The van der Waals surface area contributed by atoms with E-state index in [0.717, 1.165) is 40.1 Å². The molecule has 0 aliphatic heterocycles. The summed E-state index contributed by atoms with van der Waals surface area (Å²) in [5, 5.41) is 0.760. The first-order valence-corrected chi connectivity index (χ1v) is 5.31. The number of Topliss-reactive ketones (excluding diaryl/α,β-unsaturated/α-hetero) is 1. The lowest BCUT2D eigenvalue weighted by Gasteiger charge is -2.19. The van der Waals surface area contributed by atoms with Gasteiger partial charge in [-0.05, 0) is 49.4 Å². The van der Waals surface area contributed by atoms with Gasteiger partial charge in [-0.15, -0.1) is 0 Å². The fourth-order valence-electron chi connectivity index (χ4n) is 2.10. The number of hydrogen-bond donors (Lipinski definition) is 0. The van der Waals surface area contributed by atoms with E-state index in [1.165, 1.54) is 0 Å². The predicted octanol–water partition coefficient (Wildman–Crippen LogP) is 3.48. The molecule has 14 heavy (non-hydrogen) atoms. The highest BCUT2D eigenvalue weighted by atomic mass is 35.5. The van der Waals surface area contributed by atoms with Crippen molar-refractivity contribution in [2.75, 3.05) is 0 Å². The van der Waals surface area contributed by atoms with Crippen LogP contribution in [0.1, 0.15) is 39.9 Å². The largest absolute Gasteiger partial charge is 0.294 e. The van der Waals surface area contributed by atoms with E-state index in [9.17, 15) is 4.79 Å². The van der Waals surface area contributed by atoms with Crippen molar-refractivity contribution in [3.63, 3.8) is 0 Å². The van der Waals surface area contributed by atoms with Gasteiger partial charge in [-0.25, -0.2) is 0 Å². The molecule has 0 saturated heterocycles. The fraction of sp³-hybridized carbons (Fsp3) is 0.417. The maximum Gasteiger partial charge on any atom is 0.163 e. The second kappa shape index (κ2) is 3.39. The van der Waals surface area contributed by atoms with Gasteiger partial charge in [0.2, 0.25) is 0 Å². The topological polar surface area (TPSA) is 17.1 Å². The Bertz CT molecular complexity index is 407. The Labute approximate surface area is 89.1 Å².